The van der Waals surface area contributed by atoms with Crippen LogP contribution in [0, 0.1) is 0 Å². The molecule has 0 N–H and O–H groups in total. The Labute approximate surface area is 265 Å². The van der Waals surface area contributed by atoms with Crippen molar-refractivity contribution in [2.75, 3.05) is 29.4 Å². The molecule has 3 unspecified atom stereocenters. The van der Waals surface area contributed by atoms with Gasteiger partial charge in [-0.25, -0.2) is 12.7 Å². The number of pyridine rings is 2. The zero-order valence-electron chi connectivity index (χ0n) is 24.2. The molecule has 0 spiro atoms. The van der Waals surface area contributed by atoms with Crippen LogP contribution in [0.5, 0.6) is 5.75 Å². The Bertz CT molecular complexity index is 2090. The maximum Gasteiger partial charge on any atom is 0.273 e. The molecule has 2 saturated heterocycles. The lowest BCUT2D eigenvalue weighted by molar-refractivity contribution is -0.127. The van der Waals surface area contributed by atoms with Gasteiger partial charge in [-0.1, -0.05) is 48.0 Å². The lowest BCUT2D eigenvalue weighted by Crippen LogP contribution is -2.60. The van der Waals surface area contributed by atoms with Gasteiger partial charge in [-0.05, 0) is 55.0 Å². The van der Waals surface area contributed by atoms with E-state index in [2.05, 4.69) is 19.8 Å². The van der Waals surface area contributed by atoms with E-state index in [0.717, 1.165) is 16.4 Å². The molecule has 8 rings (SSSR count). The summed E-state index contributed by atoms with van der Waals surface area (Å²) in [6.07, 6.45) is 5.91. The van der Waals surface area contributed by atoms with Crippen LogP contribution in [0.3, 0.4) is 0 Å². The van der Waals surface area contributed by atoms with Crippen LogP contribution in [0.15, 0.2) is 108 Å². The second kappa shape index (κ2) is 10.3. The zero-order chi connectivity index (χ0) is 30.9. The summed E-state index contributed by atoms with van der Waals surface area (Å²) in [5, 5.41) is 1.06. The molecule has 3 aliphatic heterocycles. The molecule has 5 aromatic rings. The first-order valence-corrected chi connectivity index (χ1v) is 16.5. The standard InChI is InChI=1S/C34H28ClN5O4S/c1-44-30-9-3-2-8-27(30)34(39-21-25-19-26(39)20-38(25)24-13-16-36-17-14-24)28-18-23(35)11-12-29(28)40(33(34)41)45(42,43)31-10-4-6-22-7-5-15-37-32(22)31/h2-18,25-26H,19-21H2,1H3. The lowest BCUT2D eigenvalue weighted by Gasteiger charge is -2.45. The number of halogens is 1. The van der Waals surface area contributed by atoms with Gasteiger partial charge in [-0.15, -0.1) is 0 Å². The molecule has 0 aliphatic carbocycles. The van der Waals surface area contributed by atoms with Gasteiger partial charge in [0.2, 0.25) is 0 Å². The number of para-hydroxylation sites is 2. The highest BCUT2D eigenvalue weighted by Crippen LogP contribution is 2.56. The van der Waals surface area contributed by atoms with Gasteiger partial charge in [-0.3, -0.25) is 19.7 Å². The molecule has 9 nitrogen and oxygen atoms in total. The highest BCUT2D eigenvalue weighted by Gasteiger charge is 2.64. The van der Waals surface area contributed by atoms with Crippen LogP contribution in [0.2, 0.25) is 5.02 Å². The predicted octanol–water partition coefficient (Wildman–Crippen LogP) is 5.23. The second-order valence-electron chi connectivity index (χ2n) is 11.5. The molecule has 3 aliphatic rings. The first kappa shape index (κ1) is 28.0. The van der Waals surface area contributed by atoms with E-state index in [1.165, 1.54) is 6.07 Å². The van der Waals surface area contributed by atoms with E-state index in [0.29, 0.717) is 45.9 Å². The van der Waals surface area contributed by atoms with Gasteiger partial charge in [0.05, 0.1) is 18.3 Å². The number of ether oxygens (including phenoxy) is 1. The first-order valence-electron chi connectivity index (χ1n) is 14.7. The number of likely N-dealkylation sites (tertiary alicyclic amines) is 1. The number of nitrogens with zero attached hydrogens (tertiary/aromatic N) is 5. The second-order valence-corrected chi connectivity index (χ2v) is 13.7. The molecule has 0 saturated carbocycles. The van der Waals surface area contributed by atoms with Gasteiger partial charge in [0, 0.05) is 71.0 Å². The lowest BCUT2D eigenvalue weighted by atomic mass is 9.80. The Morgan fingerprint density at radius 1 is 0.889 bits per heavy atom. The summed E-state index contributed by atoms with van der Waals surface area (Å²) < 4.78 is 36.3. The topological polar surface area (TPSA) is 95.9 Å². The third-order valence-electron chi connectivity index (χ3n) is 9.34. The Hall–Kier alpha value is -4.51. The maximum atomic E-state index is 15.4. The van der Waals surface area contributed by atoms with Gasteiger partial charge in [-0.2, -0.15) is 0 Å². The highest BCUT2D eigenvalue weighted by atomic mass is 35.5. The van der Waals surface area contributed by atoms with Crippen molar-refractivity contribution in [1.29, 1.82) is 0 Å². The Kier molecular flexibility index (Phi) is 6.39. The predicted molar refractivity (Wildman–Crippen MR) is 172 cm³/mol. The maximum absolute atomic E-state index is 15.4. The van der Waals surface area contributed by atoms with Crippen molar-refractivity contribution in [3.8, 4) is 5.75 Å². The molecule has 0 radical (unpaired) electrons. The fourth-order valence-corrected chi connectivity index (χ4v) is 9.34. The summed E-state index contributed by atoms with van der Waals surface area (Å²) in [7, 11) is -2.88. The molecule has 3 aromatic carbocycles. The normalized spacial score (nSPS) is 22.8. The van der Waals surface area contributed by atoms with Gasteiger partial charge in [0.15, 0.2) is 5.54 Å². The average molecular weight is 638 g/mol. The van der Waals surface area contributed by atoms with Crippen molar-refractivity contribution in [3.63, 3.8) is 0 Å². The van der Waals surface area contributed by atoms with Crippen molar-refractivity contribution < 1.29 is 17.9 Å². The minimum atomic E-state index is -4.44. The van der Waals surface area contributed by atoms with Crippen LogP contribution >= 0.6 is 11.6 Å². The van der Waals surface area contributed by atoms with Gasteiger partial charge in [0.25, 0.3) is 15.9 Å². The quantitative estimate of drug-likeness (QED) is 0.250. The third-order valence-corrected chi connectivity index (χ3v) is 11.3. The van der Waals surface area contributed by atoms with E-state index >= 15 is 4.79 Å². The summed E-state index contributed by atoms with van der Waals surface area (Å²) in [5.74, 6) is -0.114. The van der Waals surface area contributed by atoms with E-state index < -0.39 is 21.5 Å². The smallest absolute Gasteiger partial charge is 0.273 e. The monoisotopic (exact) mass is 637 g/mol. The zero-order valence-corrected chi connectivity index (χ0v) is 25.8. The fourth-order valence-electron chi connectivity index (χ4n) is 7.53. The van der Waals surface area contributed by atoms with Crippen molar-refractivity contribution >= 4 is 49.8 Å². The minimum absolute atomic E-state index is 0.0440. The molecule has 11 heteroatoms. The van der Waals surface area contributed by atoms with Gasteiger partial charge < -0.3 is 9.64 Å². The van der Waals surface area contributed by atoms with Crippen molar-refractivity contribution in [3.05, 3.63) is 120 Å². The number of hydrogen-bond acceptors (Lipinski definition) is 8. The molecule has 2 fully saturated rings. The number of piperazine rings is 1. The summed E-state index contributed by atoms with van der Waals surface area (Å²) in [6.45, 7) is 1.18. The summed E-state index contributed by atoms with van der Waals surface area (Å²) in [6, 6.07) is 24.9. The molecule has 45 heavy (non-hydrogen) atoms. The van der Waals surface area contributed by atoms with Gasteiger partial charge in [0.1, 0.15) is 10.6 Å². The average Bonchev–Trinajstić information content (AvgIpc) is 3.75. The fraction of sp³-hybridized carbons (Fsp3) is 0.206. The number of aromatic nitrogens is 2. The first-order chi connectivity index (χ1) is 21.9. The molecular formula is C34H28ClN5O4S. The van der Waals surface area contributed by atoms with E-state index in [-0.39, 0.29) is 22.7 Å². The van der Waals surface area contributed by atoms with Crippen LogP contribution in [0.25, 0.3) is 10.9 Å². The van der Waals surface area contributed by atoms with E-state index in [9.17, 15) is 8.42 Å². The Morgan fingerprint density at radius 2 is 1.69 bits per heavy atom. The van der Waals surface area contributed by atoms with Gasteiger partial charge >= 0.3 is 0 Å². The van der Waals surface area contributed by atoms with Crippen molar-refractivity contribution in [2.24, 2.45) is 0 Å². The minimum Gasteiger partial charge on any atom is -0.496 e. The van der Waals surface area contributed by atoms with Crippen molar-refractivity contribution in [2.45, 2.75) is 28.9 Å². The number of hydrogen-bond donors (Lipinski definition) is 0. The van der Waals surface area contributed by atoms with Crippen LogP contribution in [-0.2, 0) is 20.4 Å². The molecular weight excluding hydrogens is 610 g/mol. The largest absolute Gasteiger partial charge is 0.496 e. The number of methoxy groups -OCH3 is 1. The van der Waals surface area contributed by atoms with Crippen LogP contribution in [0.1, 0.15) is 17.5 Å². The number of fused-ring (bicyclic) bond motifs is 4. The number of amides is 1. The SMILES string of the molecule is COc1ccccc1C1(N2CC3CC2CN3c2ccncc2)C(=O)N(S(=O)(=O)c2cccc3cccnc23)c2ccc(Cl)cc21. The van der Waals surface area contributed by atoms with Crippen LogP contribution in [0.4, 0.5) is 11.4 Å². The number of carbonyl (C=O) groups is 1. The molecule has 5 heterocycles. The molecule has 2 bridgehead atoms. The number of rotatable bonds is 6. The third kappa shape index (κ3) is 3.95. The molecule has 1 amide bonds. The van der Waals surface area contributed by atoms with E-state index in [1.54, 1.807) is 74.2 Å². The molecule has 2 aromatic heterocycles. The summed E-state index contributed by atoms with van der Waals surface area (Å²) >= 11 is 6.65. The number of anilines is 2. The molecule has 226 valence electrons. The summed E-state index contributed by atoms with van der Waals surface area (Å²) in [4.78, 5) is 28.4. The molecule has 3 atom stereocenters. The summed E-state index contributed by atoms with van der Waals surface area (Å²) in [5.41, 5.74) is 1.17. The number of sulfonamides is 1. The van der Waals surface area contributed by atoms with E-state index in [4.69, 9.17) is 16.3 Å². The van der Waals surface area contributed by atoms with Crippen molar-refractivity contribution in [1.82, 2.24) is 14.9 Å². The number of carbonyl (C=O) groups excluding carboxylic acids is 1. The Balaban J connectivity index is 1.35. The number of benzene rings is 3. The van der Waals surface area contributed by atoms with Crippen LogP contribution in [-0.4, -0.2) is 61.5 Å². The Morgan fingerprint density at radius 3 is 2.47 bits per heavy atom. The van der Waals surface area contributed by atoms with Crippen LogP contribution < -0.4 is 13.9 Å². The van der Waals surface area contributed by atoms with E-state index in [1.807, 2.05) is 30.3 Å². The highest BCUT2D eigenvalue weighted by molar-refractivity contribution is 7.93.